The Morgan fingerprint density at radius 2 is 1.74 bits per heavy atom. The van der Waals surface area contributed by atoms with Gasteiger partial charge in [-0.1, -0.05) is 66.5 Å². The second kappa shape index (κ2) is 19.3. The van der Waals surface area contributed by atoms with E-state index in [2.05, 4.69) is 12.7 Å². The number of oxime groups is 1. The molecular formula is C45H53ClN2O10. The Morgan fingerprint density at radius 3 is 2.52 bits per heavy atom. The number of hydrogen-bond acceptors (Lipinski definition) is 11. The molecular weight excluding hydrogens is 764 g/mol. The van der Waals surface area contributed by atoms with Gasteiger partial charge >= 0.3 is 6.09 Å². The Morgan fingerprint density at radius 1 is 0.966 bits per heavy atom. The van der Waals surface area contributed by atoms with E-state index in [0.717, 1.165) is 47.9 Å². The molecule has 3 aromatic carbocycles. The Bertz CT molecular complexity index is 1940. The van der Waals surface area contributed by atoms with E-state index in [1.165, 1.54) is 0 Å². The molecule has 7 rings (SSSR count). The number of unbranched alkanes of at least 4 members (excludes halogenated alkanes) is 2. The molecule has 3 aromatic rings. The maximum Gasteiger partial charge on any atom is 0.410 e. The van der Waals surface area contributed by atoms with Crippen molar-refractivity contribution in [2.75, 3.05) is 39.1 Å². The van der Waals surface area contributed by atoms with Gasteiger partial charge < -0.3 is 43.8 Å². The van der Waals surface area contributed by atoms with Gasteiger partial charge in [-0.05, 0) is 84.6 Å². The van der Waals surface area contributed by atoms with E-state index < -0.39 is 23.8 Å². The zero-order valence-corrected chi connectivity index (χ0v) is 33.4. The van der Waals surface area contributed by atoms with Crippen molar-refractivity contribution in [2.24, 2.45) is 22.9 Å². The molecule has 0 spiro atoms. The first-order valence-corrected chi connectivity index (χ1v) is 20.7. The van der Waals surface area contributed by atoms with Crippen LogP contribution in [0.3, 0.4) is 0 Å². The average molecular weight is 817 g/mol. The number of aromatic hydroxyl groups is 1. The molecule has 1 fully saturated rings. The SMILES string of the molecule is C=CCOC12Oc3ccc(O)cc3C3C(CCCCO)C(CCCCO)C=C(C(=NOCc4ccccc4)CC1N(Cc1ccc4c(c1)OCO4)C(=O)OCCCl)C32. The summed E-state index contributed by atoms with van der Waals surface area (Å²) >= 11 is 6.08. The molecule has 6 unspecified atom stereocenters. The summed E-state index contributed by atoms with van der Waals surface area (Å²) in [5.41, 5.74) is 4.06. The monoisotopic (exact) mass is 816 g/mol. The fourth-order valence-corrected chi connectivity index (χ4v) is 9.24. The fourth-order valence-electron chi connectivity index (χ4n) is 9.16. The number of aliphatic hydroxyl groups is 2. The number of phenols is 1. The number of halogens is 1. The number of alkyl halides is 1. The first-order chi connectivity index (χ1) is 28.4. The van der Waals surface area contributed by atoms with Gasteiger partial charge in [0.05, 0.1) is 24.1 Å². The second-order valence-corrected chi connectivity index (χ2v) is 15.6. The molecule has 0 aromatic heterocycles. The van der Waals surface area contributed by atoms with Crippen LogP contribution in [0.4, 0.5) is 4.79 Å². The quantitative estimate of drug-likeness (QED) is 0.0473. The summed E-state index contributed by atoms with van der Waals surface area (Å²) in [5, 5.41) is 35.6. The first kappa shape index (κ1) is 41.4. The lowest BCUT2D eigenvalue weighted by molar-refractivity contribution is -0.256. The first-order valence-electron chi connectivity index (χ1n) is 20.2. The number of ether oxygens (including phenoxy) is 5. The molecule has 1 amide bonds. The molecule has 2 aliphatic heterocycles. The van der Waals surface area contributed by atoms with Crippen LogP contribution in [0.5, 0.6) is 23.0 Å². The molecule has 3 N–H and O–H groups in total. The number of carbonyl (C=O) groups excluding carboxylic acids is 1. The molecule has 4 aliphatic rings. The summed E-state index contributed by atoms with van der Waals surface area (Å²) in [6.07, 6.45) is 7.93. The van der Waals surface area contributed by atoms with E-state index in [1.807, 2.05) is 48.5 Å². The Hall–Kier alpha value is -4.75. The van der Waals surface area contributed by atoms with Gasteiger partial charge in [0, 0.05) is 37.7 Å². The predicted octanol–water partition coefficient (Wildman–Crippen LogP) is 7.83. The molecule has 0 bridgehead atoms. The molecule has 0 saturated heterocycles. The van der Waals surface area contributed by atoms with E-state index in [1.54, 1.807) is 29.2 Å². The van der Waals surface area contributed by atoms with Crippen molar-refractivity contribution in [3.63, 3.8) is 0 Å². The minimum atomic E-state index is -1.51. The van der Waals surface area contributed by atoms with E-state index in [-0.39, 0.29) is 82.2 Å². The molecule has 6 atom stereocenters. The summed E-state index contributed by atoms with van der Waals surface area (Å²) in [6.45, 7) is 4.65. The highest BCUT2D eigenvalue weighted by Gasteiger charge is 2.65. The number of aliphatic hydroxyl groups excluding tert-OH is 2. The molecule has 1 saturated carbocycles. The minimum absolute atomic E-state index is 0.00546. The highest BCUT2D eigenvalue weighted by molar-refractivity contribution is 6.18. The van der Waals surface area contributed by atoms with Crippen LogP contribution in [0.25, 0.3) is 0 Å². The number of hydrogen-bond donors (Lipinski definition) is 3. The normalized spacial score (nSPS) is 24.6. The van der Waals surface area contributed by atoms with E-state index in [0.29, 0.717) is 35.8 Å². The van der Waals surface area contributed by atoms with Crippen molar-refractivity contribution >= 4 is 23.4 Å². The second-order valence-electron chi connectivity index (χ2n) is 15.2. The third kappa shape index (κ3) is 8.80. The van der Waals surface area contributed by atoms with Crippen LogP contribution >= 0.6 is 11.6 Å². The third-order valence-electron chi connectivity index (χ3n) is 11.6. The van der Waals surface area contributed by atoms with Gasteiger partial charge in [-0.25, -0.2) is 4.79 Å². The van der Waals surface area contributed by atoms with Gasteiger partial charge in [-0.2, -0.15) is 0 Å². The molecule has 0 radical (unpaired) electrons. The summed E-state index contributed by atoms with van der Waals surface area (Å²) < 4.78 is 31.3. The smallest absolute Gasteiger partial charge is 0.410 e. The van der Waals surface area contributed by atoms with Crippen LogP contribution < -0.4 is 14.2 Å². The van der Waals surface area contributed by atoms with Gasteiger partial charge in [-0.3, -0.25) is 4.90 Å². The molecule has 310 valence electrons. The molecule has 13 heteroatoms. The molecule has 12 nitrogen and oxygen atoms in total. The van der Waals surface area contributed by atoms with Crippen molar-refractivity contribution in [1.82, 2.24) is 4.90 Å². The maximum absolute atomic E-state index is 14.5. The number of rotatable bonds is 19. The van der Waals surface area contributed by atoms with Crippen LogP contribution in [-0.4, -0.2) is 83.0 Å². The van der Waals surface area contributed by atoms with E-state index in [4.69, 9.17) is 45.3 Å². The Kier molecular flexibility index (Phi) is 13.8. The lowest BCUT2D eigenvalue weighted by atomic mass is 9.55. The third-order valence-corrected chi connectivity index (χ3v) is 11.8. The topological polar surface area (TPSA) is 149 Å². The van der Waals surface area contributed by atoms with Crippen LogP contribution in [0, 0.1) is 17.8 Å². The Labute approximate surface area is 344 Å². The summed E-state index contributed by atoms with van der Waals surface area (Å²) in [5.74, 6) is -0.364. The van der Waals surface area contributed by atoms with Gasteiger partial charge in [0.1, 0.15) is 30.8 Å². The van der Waals surface area contributed by atoms with Gasteiger partial charge in [0.2, 0.25) is 12.6 Å². The number of fused-ring (bicyclic) bond motifs is 3. The maximum atomic E-state index is 14.5. The number of benzene rings is 3. The number of phenolic OH excluding ortho intramolecular Hbond substituents is 1. The zero-order chi connectivity index (χ0) is 40.5. The summed E-state index contributed by atoms with van der Waals surface area (Å²) in [7, 11) is 0. The molecule has 58 heavy (non-hydrogen) atoms. The van der Waals surface area contributed by atoms with Crippen LogP contribution in [-0.2, 0) is 27.5 Å². The zero-order valence-electron chi connectivity index (χ0n) is 32.7. The minimum Gasteiger partial charge on any atom is -0.508 e. The van der Waals surface area contributed by atoms with Crippen LogP contribution in [0.15, 0.2) is 96.2 Å². The van der Waals surface area contributed by atoms with Crippen LogP contribution in [0.1, 0.15) is 67.6 Å². The fraction of sp³-hybridized carbons (Fsp3) is 0.467. The van der Waals surface area contributed by atoms with E-state index >= 15 is 0 Å². The number of nitrogens with zero attached hydrogens (tertiary/aromatic N) is 2. The molecule has 2 aliphatic carbocycles. The predicted molar refractivity (Wildman–Crippen MR) is 218 cm³/mol. The lowest BCUT2D eigenvalue weighted by Crippen LogP contribution is -2.70. The number of allylic oxidation sites excluding steroid dienone is 1. The van der Waals surface area contributed by atoms with Crippen molar-refractivity contribution < 1.29 is 48.6 Å². The number of amides is 1. The lowest BCUT2D eigenvalue weighted by Gasteiger charge is -2.59. The number of carbonyl (C=O) groups is 1. The van der Waals surface area contributed by atoms with Crippen molar-refractivity contribution in [3.8, 4) is 23.0 Å². The molecule has 2 heterocycles. The van der Waals surface area contributed by atoms with Crippen molar-refractivity contribution in [3.05, 3.63) is 108 Å². The highest BCUT2D eigenvalue weighted by atomic mass is 35.5. The largest absolute Gasteiger partial charge is 0.508 e. The average Bonchev–Trinajstić information content (AvgIpc) is 3.71. The Balaban J connectivity index is 1.43. The standard InChI is InChI=1S/C45H53ClN2O10/c1-2-21-56-45-41(48(44(52)53-22-18-46)27-31-14-16-39-40(23-31)55-29-54-39)26-37(47-57-28-30-10-4-3-5-11-30)35-24-32(12-6-8-19-49)34(13-7-9-20-50)42(43(35)45)36-25-33(51)15-17-38(36)58-45/h2-5,10-11,14-17,23-25,32,34,41-43,49-51H,1,6-9,12-13,18-22,26-29H2. The van der Waals surface area contributed by atoms with Crippen LogP contribution in [0.2, 0.25) is 0 Å². The van der Waals surface area contributed by atoms with Gasteiger partial charge in [0.15, 0.2) is 11.5 Å². The summed E-state index contributed by atoms with van der Waals surface area (Å²) in [6, 6.07) is 19.6. The highest BCUT2D eigenvalue weighted by Crippen LogP contribution is 2.62. The van der Waals surface area contributed by atoms with Gasteiger partial charge in [-0.15, -0.1) is 18.2 Å². The van der Waals surface area contributed by atoms with Crippen molar-refractivity contribution in [2.45, 2.75) is 75.8 Å². The van der Waals surface area contributed by atoms with E-state index in [9.17, 15) is 20.1 Å². The summed E-state index contributed by atoms with van der Waals surface area (Å²) in [4.78, 5) is 22.3. The van der Waals surface area contributed by atoms with Crippen molar-refractivity contribution in [1.29, 1.82) is 0 Å². The van der Waals surface area contributed by atoms with Gasteiger partial charge in [0.25, 0.3) is 0 Å².